The first-order valence-corrected chi connectivity index (χ1v) is 9.61. The van der Waals surface area contributed by atoms with E-state index in [0.717, 1.165) is 21.8 Å². The molecule has 3 aromatic rings. The number of carbonyl (C=O) groups excluding carboxylic acids is 2. The molecule has 1 amide bonds. The molecule has 0 saturated carbocycles. The van der Waals surface area contributed by atoms with Gasteiger partial charge < -0.3 is 10.1 Å². The highest BCUT2D eigenvalue weighted by Crippen LogP contribution is 2.26. The average molecular weight is 410 g/mol. The molecule has 0 saturated heterocycles. The van der Waals surface area contributed by atoms with Crippen LogP contribution in [-0.4, -0.2) is 18.5 Å². The van der Waals surface area contributed by atoms with E-state index in [0.29, 0.717) is 9.21 Å². The van der Waals surface area contributed by atoms with Crippen molar-refractivity contribution in [3.63, 3.8) is 0 Å². The van der Waals surface area contributed by atoms with E-state index in [4.69, 9.17) is 16.3 Å². The van der Waals surface area contributed by atoms with Crippen LogP contribution in [0.15, 0.2) is 53.9 Å². The molecule has 4 nitrogen and oxygen atoms in total. The summed E-state index contributed by atoms with van der Waals surface area (Å²) >= 11 is 8.33. The number of nitrogens with one attached hydrogen (secondary N) is 1. The van der Waals surface area contributed by atoms with E-state index < -0.39 is 24.5 Å². The van der Waals surface area contributed by atoms with Crippen molar-refractivity contribution >= 4 is 46.2 Å². The van der Waals surface area contributed by atoms with Gasteiger partial charge in [-0.1, -0.05) is 29.8 Å². The van der Waals surface area contributed by atoms with E-state index in [2.05, 4.69) is 5.32 Å². The van der Waals surface area contributed by atoms with E-state index in [1.807, 2.05) is 17.5 Å². The third-order valence-electron chi connectivity index (χ3n) is 3.45. The van der Waals surface area contributed by atoms with Crippen LogP contribution in [0, 0.1) is 5.82 Å². The minimum atomic E-state index is -0.605. The zero-order valence-electron chi connectivity index (χ0n) is 13.3. The Morgan fingerprint density at radius 2 is 1.92 bits per heavy atom. The lowest BCUT2D eigenvalue weighted by Crippen LogP contribution is -2.32. The molecule has 0 aliphatic carbocycles. The van der Waals surface area contributed by atoms with Crippen molar-refractivity contribution in [3.8, 4) is 0 Å². The van der Waals surface area contributed by atoms with Gasteiger partial charge in [-0.3, -0.25) is 4.79 Å². The minimum Gasteiger partial charge on any atom is -0.451 e. The molecular formula is C18H13ClFNO3S2. The topological polar surface area (TPSA) is 55.4 Å². The molecule has 2 aromatic heterocycles. The van der Waals surface area contributed by atoms with Gasteiger partial charge in [0.25, 0.3) is 5.91 Å². The van der Waals surface area contributed by atoms with Crippen molar-refractivity contribution in [2.45, 2.75) is 6.04 Å². The second kappa shape index (κ2) is 8.44. The van der Waals surface area contributed by atoms with Crippen LogP contribution in [0.25, 0.3) is 0 Å². The Labute approximate surface area is 162 Å². The summed E-state index contributed by atoms with van der Waals surface area (Å²) in [5.74, 6) is -1.41. The first kappa shape index (κ1) is 18.6. The summed E-state index contributed by atoms with van der Waals surface area (Å²) in [6.45, 7) is -0.419. The van der Waals surface area contributed by atoms with Crippen molar-refractivity contribution in [2.24, 2.45) is 0 Å². The first-order chi connectivity index (χ1) is 12.5. The molecule has 1 N–H and O–H groups in total. The van der Waals surface area contributed by atoms with Crippen molar-refractivity contribution in [1.29, 1.82) is 0 Å². The quantitative estimate of drug-likeness (QED) is 0.602. The maximum atomic E-state index is 13.2. The van der Waals surface area contributed by atoms with Crippen LogP contribution in [-0.2, 0) is 9.53 Å². The SMILES string of the molecule is O=C(COC(=O)c1ccc(Cl)s1)N[C@H](c1ccc(F)cc1)c1cccs1. The fourth-order valence-electron chi connectivity index (χ4n) is 2.26. The number of esters is 1. The Kier molecular flexibility index (Phi) is 6.03. The number of halogens is 2. The number of rotatable bonds is 6. The molecule has 0 unspecified atom stereocenters. The second-order valence-corrected chi connectivity index (χ2v) is 7.94. The van der Waals surface area contributed by atoms with E-state index >= 15 is 0 Å². The second-order valence-electron chi connectivity index (χ2n) is 5.25. The Morgan fingerprint density at radius 1 is 1.15 bits per heavy atom. The molecular weight excluding hydrogens is 397 g/mol. The molecule has 0 aliphatic heterocycles. The van der Waals surface area contributed by atoms with Crippen molar-refractivity contribution < 1.29 is 18.7 Å². The number of hydrogen-bond acceptors (Lipinski definition) is 5. The molecule has 0 spiro atoms. The Morgan fingerprint density at radius 3 is 2.54 bits per heavy atom. The predicted molar refractivity (Wildman–Crippen MR) is 100 cm³/mol. The molecule has 0 aliphatic rings. The first-order valence-electron chi connectivity index (χ1n) is 7.53. The molecule has 3 rings (SSSR count). The smallest absolute Gasteiger partial charge is 0.348 e. The van der Waals surface area contributed by atoms with Gasteiger partial charge in [0.05, 0.1) is 10.4 Å². The third kappa shape index (κ3) is 4.69. The van der Waals surface area contributed by atoms with Crippen LogP contribution in [0.3, 0.4) is 0 Å². The van der Waals surface area contributed by atoms with Gasteiger partial charge in [0.15, 0.2) is 6.61 Å². The summed E-state index contributed by atoms with van der Waals surface area (Å²) in [6.07, 6.45) is 0. The summed E-state index contributed by atoms with van der Waals surface area (Å²) in [6, 6.07) is 12.3. The molecule has 1 aromatic carbocycles. The summed E-state index contributed by atoms with van der Waals surface area (Å²) in [7, 11) is 0. The monoisotopic (exact) mass is 409 g/mol. The van der Waals surface area contributed by atoms with Crippen LogP contribution < -0.4 is 5.32 Å². The normalized spacial score (nSPS) is 11.8. The largest absolute Gasteiger partial charge is 0.451 e. The lowest BCUT2D eigenvalue weighted by atomic mass is 10.1. The maximum Gasteiger partial charge on any atom is 0.348 e. The highest BCUT2D eigenvalue weighted by molar-refractivity contribution is 7.17. The van der Waals surface area contributed by atoms with Gasteiger partial charge in [0.2, 0.25) is 0 Å². The van der Waals surface area contributed by atoms with Gasteiger partial charge in [0.1, 0.15) is 10.7 Å². The predicted octanol–water partition coefficient (Wildman–Crippen LogP) is 4.66. The molecule has 0 bridgehead atoms. The molecule has 8 heteroatoms. The zero-order chi connectivity index (χ0) is 18.5. The fourth-order valence-corrected chi connectivity index (χ4v) is 4.00. The van der Waals surface area contributed by atoms with Gasteiger partial charge in [-0.15, -0.1) is 22.7 Å². The van der Waals surface area contributed by atoms with Gasteiger partial charge in [-0.2, -0.15) is 0 Å². The number of carbonyl (C=O) groups is 2. The highest BCUT2D eigenvalue weighted by Gasteiger charge is 2.19. The summed E-state index contributed by atoms with van der Waals surface area (Å²) < 4.78 is 18.7. The van der Waals surface area contributed by atoms with Crippen molar-refractivity contribution in [2.75, 3.05) is 6.61 Å². The Balaban J connectivity index is 1.66. The number of hydrogen-bond donors (Lipinski definition) is 1. The lowest BCUT2D eigenvalue weighted by molar-refractivity contribution is -0.124. The standard InChI is InChI=1S/C18H13ClFNO3S2/c19-15-8-7-14(26-15)18(23)24-10-16(22)21-17(13-2-1-9-25-13)11-3-5-12(20)6-4-11/h1-9,17H,10H2,(H,21,22)/t17-/m1/s1. The molecule has 0 fully saturated rings. The minimum absolute atomic E-state index is 0.330. The Hall–Kier alpha value is -2.22. The third-order valence-corrected chi connectivity index (χ3v) is 5.59. The Bertz CT molecular complexity index is 894. The maximum absolute atomic E-state index is 13.2. The zero-order valence-corrected chi connectivity index (χ0v) is 15.7. The summed E-state index contributed by atoms with van der Waals surface area (Å²) in [5, 5.41) is 4.70. The molecule has 1 atom stereocenters. The highest BCUT2D eigenvalue weighted by atomic mass is 35.5. The van der Waals surface area contributed by atoms with Crippen LogP contribution in [0.1, 0.15) is 26.2 Å². The molecule has 26 heavy (non-hydrogen) atoms. The van der Waals surface area contributed by atoms with E-state index in [-0.39, 0.29) is 5.82 Å². The molecule has 2 heterocycles. The van der Waals surface area contributed by atoms with E-state index in [1.54, 1.807) is 24.3 Å². The average Bonchev–Trinajstić information content (AvgIpc) is 3.30. The van der Waals surface area contributed by atoms with E-state index in [9.17, 15) is 14.0 Å². The van der Waals surface area contributed by atoms with Crippen molar-refractivity contribution in [1.82, 2.24) is 5.32 Å². The fraction of sp³-hybridized carbons (Fsp3) is 0.111. The number of ether oxygens (including phenoxy) is 1. The number of amides is 1. The number of benzene rings is 1. The number of thiophene rings is 2. The lowest BCUT2D eigenvalue weighted by Gasteiger charge is -2.18. The van der Waals surface area contributed by atoms with Crippen LogP contribution in [0.4, 0.5) is 4.39 Å². The summed E-state index contributed by atoms with van der Waals surface area (Å²) in [5.41, 5.74) is 0.735. The van der Waals surface area contributed by atoms with Gasteiger partial charge in [-0.25, -0.2) is 9.18 Å². The van der Waals surface area contributed by atoms with Gasteiger partial charge in [0, 0.05) is 4.88 Å². The molecule has 0 radical (unpaired) electrons. The van der Waals surface area contributed by atoms with Crippen LogP contribution in [0.5, 0.6) is 0 Å². The summed E-state index contributed by atoms with van der Waals surface area (Å²) in [4.78, 5) is 25.4. The van der Waals surface area contributed by atoms with Crippen LogP contribution in [0.2, 0.25) is 4.34 Å². The van der Waals surface area contributed by atoms with E-state index in [1.165, 1.54) is 23.5 Å². The molecule has 134 valence electrons. The van der Waals surface area contributed by atoms with Crippen LogP contribution >= 0.6 is 34.3 Å². The van der Waals surface area contributed by atoms with Gasteiger partial charge >= 0.3 is 5.97 Å². The van der Waals surface area contributed by atoms with Gasteiger partial charge in [-0.05, 0) is 41.3 Å². The van der Waals surface area contributed by atoms with Crippen molar-refractivity contribution in [3.05, 3.63) is 79.4 Å².